The Bertz CT molecular complexity index is 1220. The van der Waals surface area contributed by atoms with Gasteiger partial charge >= 0.3 is 0 Å². The molecule has 1 amide bonds. The summed E-state index contributed by atoms with van der Waals surface area (Å²) in [7, 11) is 3.54. The highest BCUT2D eigenvalue weighted by atomic mass is 32.2. The summed E-state index contributed by atoms with van der Waals surface area (Å²) in [6.45, 7) is 0. The highest BCUT2D eigenvalue weighted by Crippen LogP contribution is 2.38. The minimum Gasteiger partial charge on any atom is -0.345 e. The molecule has 2 heterocycles. The molecule has 2 aromatic heterocycles. The van der Waals surface area contributed by atoms with Crippen LogP contribution < -0.4 is 5.56 Å². The van der Waals surface area contributed by atoms with Gasteiger partial charge in [-0.25, -0.2) is 4.98 Å². The van der Waals surface area contributed by atoms with E-state index < -0.39 is 0 Å². The first-order valence-electron chi connectivity index (χ1n) is 11.5. The smallest absolute Gasteiger partial charge is 0.263 e. The molecule has 1 fully saturated rings. The van der Waals surface area contributed by atoms with E-state index in [0.29, 0.717) is 11.3 Å². The van der Waals surface area contributed by atoms with Crippen LogP contribution >= 0.6 is 23.1 Å². The van der Waals surface area contributed by atoms with Crippen molar-refractivity contribution < 1.29 is 4.79 Å². The lowest BCUT2D eigenvalue weighted by molar-refractivity contribution is 0.0827. The van der Waals surface area contributed by atoms with E-state index >= 15 is 0 Å². The SMILES string of the molecule is CN(C)C(=O)c1cccc(CSc2nc3sc4c(c3c(=O)n2C2CCCC2)CCCC4)c1. The van der Waals surface area contributed by atoms with Gasteiger partial charge in [-0.1, -0.05) is 36.7 Å². The van der Waals surface area contributed by atoms with Crippen LogP contribution in [0.2, 0.25) is 0 Å². The van der Waals surface area contributed by atoms with Crippen molar-refractivity contribution in [2.24, 2.45) is 0 Å². The normalized spacial score (nSPS) is 16.4. The average molecular weight is 468 g/mol. The number of carbonyl (C=O) groups excluding carboxylic acids is 1. The molecule has 0 bridgehead atoms. The quantitative estimate of drug-likeness (QED) is 0.370. The number of benzene rings is 1. The Labute approximate surface area is 196 Å². The van der Waals surface area contributed by atoms with Crippen molar-refractivity contribution in [1.29, 1.82) is 0 Å². The van der Waals surface area contributed by atoms with Crippen molar-refractivity contribution in [3.63, 3.8) is 0 Å². The number of rotatable bonds is 5. The van der Waals surface area contributed by atoms with Gasteiger partial charge in [0.05, 0.1) is 5.39 Å². The summed E-state index contributed by atoms with van der Waals surface area (Å²) < 4.78 is 2.01. The van der Waals surface area contributed by atoms with E-state index in [2.05, 4.69) is 0 Å². The number of hydrogen-bond donors (Lipinski definition) is 0. The fourth-order valence-electron chi connectivity index (χ4n) is 4.99. The number of amides is 1. The predicted molar refractivity (Wildman–Crippen MR) is 132 cm³/mol. The van der Waals surface area contributed by atoms with E-state index in [1.807, 2.05) is 28.8 Å². The molecule has 7 heteroatoms. The fourth-order valence-corrected chi connectivity index (χ4v) is 7.30. The summed E-state index contributed by atoms with van der Waals surface area (Å²) in [5.41, 5.74) is 3.20. The largest absolute Gasteiger partial charge is 0.345 e. The zero-order valence-corrected chi connectivity index (χ0v) is 20.4. The maximum absolute atomic E-state index is 13.8. The molecule has 0 aliphatic heterocycles. The minimum atomic E-state index is 0.00317. The van der Waals surface area contributed by atoms with Crippen molar-refractivity contribution >= 4 is 39.2 Å². The second-order valence-corrected chi connectivity index (χ2v) is 11.1. The number of nitrogens with zero attached hydrogens (tertiary/aromatic N) is 3. The number of hydrogen-bond acceptors (Lipinski definition) is 5. The maximum Gasteiger partial charge on any atom is 0.263 e. The molecule has 168 valence electrons. The zero-order chi connectivity index (χ0) is 22.2. The van der Waals surface area contributed by atoms with Gasteiger partial charge in [-0.15, -0.1) is 11.3 Å². The van der Waals surface area contributed by atoms with Crippen molar-refractivity contribution in [2.45, 2.75) is 68.3 Å². The van der Waals surface area contributed by atoms with E-state index in [9.17, 15) is 9.59 Å². The van der Waals surface area contributed by atoms with Gasteiger partial charge in [0.2, 0.25) is 0 Å². The lowest BCUT2D eigenvalue weighted by Gasteiger charge is -2.18. The van der Waals surface area contributed by atoms with Gasteiger partial charge in [0, 0.05) is 36.3 Å². The van der Waals surface area contributed by atoms with Gasteiger partial charge in [0.15, 0.2) is 5.16 Å². The van der Waals surface area contributed by atoms with Crippen LogP contribution in [0.25, 0.3) is 10.2 Å². The van der Waals surface area contributed by atoms with Crippen molar-refractivity contribution in [3.8, 4) is 0 Å². The van der Waals surface area contributed by atoms with Gasteiger partial charge in [0.25, 0.3) is 11.5 Å². The number of fused-ring (bicyclic) bond motifs is 3. The van der Waals surface area contributed by atoms with E-state index in [1.165, 1.54) is 36.1 Å². The van der Waals surface area contributed by atoms with Gasteiger partial charge in [-0.3, -0.25) is 14.2 Å². The minimum absolute atomic E-state index is 0.00317. The molecule has 5 rings (SSSR count). The first kappa shape index (κ1) is 21.7. The van der Waals surface area contributed by atoms with Gasteiger partial charge in [-0.2, -0.15) is 0 Å². The lowest BCUT2D eigenvalue weighted by atomic mass is 9.97. The van der Waals surface area contributed by atoms with E-state index in [1.54, 1.807) is 42.1 Å². The number of aromatic nitrogens is 2. The molecule has 1 saturated carbocycles. The van der Waals surface area contributed by atoms with Gasteiger partial charge < -0.3 is 4.90 Å². The topological polar surface area (TPSA) is 55.2 Å². The molecule has 5 nitrogen and oxygen atoms in total. The molecule has 0 unspecified atom stereocenters. The van der Waals surface area contributed by atoms with Crippen LogP contribution in [-0.2, 0) is 18.6 Å². The molecular formula is C25H29N3O2S2. The molecule has 2 aliphatic rings. The molecule has 0 spiro atoms. The number of thioether (sulfide) groups is 1. The number of thiophene rings is 1. The van der Waals surface area contributed by atoms with Crippen LogP contribution in [0.4, 0.5) is 0 Å². The Morgan fingerprint density at radius 3 is 2.75 bits per heavy atom. The van der Waals surface area contributed by atoms with Crippen molar-refractivity contribution in [3.05, 3.63) is 56.2 Å². The molecule has 0 atom stereocenters. The third kappa shape index (κ3) is 4.01. The van der Waals surface area contributed by atoms with E-state index in [-0.39, 0.29) is 17.5 Å². The zero-order valence-electron chi connectivity index (χ0n) is 18.7. The Morgan fingerprint density at radius 1 is 1.19 bits per heavy atom. The second kappa shape index (κ2) is 9.02. The average Bonchev–Trinajstić information content (AvgIpc) is 3.45. The van der Waals surface area contributed by atoms with E-state index in [0.717, 1.165) is 46.6 Å². The van der Waals surface area contributed by atoms with Crippen LogP contribution in [0.3, 0.4) is 0 Å². The third-order valence-electron chi connectivity index (χ3n) is 6.63. The maximum atomic E-state index is 13.8. The third-order valence-corrected chi connectivity index (χ3v) is 8.84. The number of aryl methyl sites for hydroxylation is 2. The van der Waals surface area contributed by atoms with Crippen LogP contribution in [0.5, 0.6) is 0 Å². The summed E-state index contributed by atoms with van der Waals surface area (Å²) in [5, 5.41) is 1.72. The van der Waals surface area contributed by atoms with Gasteiger partial charge in [0.1, 0.15) is 4.83 Å². The summed E-state index contributed by atoms with van der Waals surface area (Å²) in [4.78, 5) is 35.0. The van der Waals surface area contributed by atoms with Crippen LogP contribution in [-0.4, -0.2) is 34.5 Å². The molecule has 0 N–H and O–H groups in total. The summed E-state index contributed by atoms with van der Waals surface area (Å²) in [5.74, 6) is 0.688. The number of carbonyl (C=O) groups is 1. The van der Waals surface area contributed by atoms with Crippen LogP contribution in [0.15, 0.2) is 34.2 Å². The van der Waals surface area contributed by atoms with Crippen LogP contribution in [0.1, 0.15) is 70.9 Å². The van der Waals surface area contributed by atoms with E-state index in [4.69, 9.17) is 4.98 Å². The highest BCUT2D eigenvalue weighted by molar-refractivity contribution is 7.98. The first-order valence-corrected chi connectivity index (χ1v) is 13.3. The first-order chi connectivity index (χ1) is 15.5. The van der Waals surface area contributed by atoms with Gasteiger partial charge in [-0.05, 0) is 61.8 Å². The fraction of sp³-hybridized carbons (Fsp3) is 0.480. The van der Waals surface area contributed by atoms with Crippen molar-refractivity contribution in [1.82, 2.24) is 14.5 Å². The molecule has 32 heavy (non-hydrogen) atoms. The molecule has 2 aliphatic carbocycles. The summed E-state index contributed by atoms with van der Waals surface area (Å²) in [6.07, 6.45) is 8.93. The Balaban J connectivity index is 1.52. The predicted octanol–water partition coefficient (Wildman–Crippen LogP) is 5.45. The Kier molecular flexibility index (Phi) is 6.12. The molecular weight excluding hydrogens is 438 g/mol. The Hall–Kier alpha value is -2.12. The second-order valence-electron chi connectivity index (χ2n) is 9.09. The highest BCUT2D eigenvalue weighted by Gasteiger charge is 2.27. The molecule has 1 aromatic carbocycles. The summed E-state index contributed by atoms with van der Waals surface area (Å²) in [6, 6.07) is 8.03. The van der Waals surface area contributed by atoms with Crippen molar-refractivity contribution in [2.75, 3.05) is 14.1 Å². The molecule has 3 aromatic rings. The summed E-state index contributed by atoms with van der Waals surface area (Å²) >= 11 is 3.35. The Morgan fingerprint density at radius 2 is 1.97 bits per heavy atom. The standard InChI is InChI=1S/C25H29N3O2S2/c1-27(2)23(29)17-9-7-8-16(14-17)15-31-25-26-22-21(19-12-5-6-13-20(19)32-22)24(30)28(25)18-10-3-4-11-18/h7-9,14,18H,3-6,10-13,15H2,1-2H3. The molecule has 0 saturated heterocycles. The monoisotopic (exact) mass is 467 g/mol. The lowest BCUT2D eigenvalue weighted by Crippen LogP contribution is -2.26. The van der Waals surface area contributed by atoms with Crippen LogP contribution in [0, 0.1) is 0 Å². The molecule has 0 radical (unpaired) electrons.